The van der Waals surface area contributed by atoms with Crippen LogP contribution in [0.5, 0.6) is 0 Å². The third-order valence-corrected chi connectivity index (χ3v) is 14.9. The zero-order valence-corrected chi connectivity index (χ0v) is 19.7. The van der Waals surface area contributed by atoms with Gasteiger partial charge in [0.2, 0.25) is 0 Å². The van der Waals surface area contributed by atoms with Crippen molar-refractivity contribution in [2.45, 2.75) is 98.2 Å². The summed E-state index contributed by atoms with van der Waals surface area (Å²) in [6, 6.07) is 3.64. The predicted octanol–water partition coefficient (Wildman–Crippen LogP) is 6.27. The normalized spacial score (nSPS) is 12.8. The van der Waals surface area contributed by atoms with Crippen molar-refractivity contribution in [3.63, 3.8) is 0 Å². The van der Waals surface area contributed by atoms with E-state index in [1.165, 1.54) is 56.7 Å². The quantitative estimate of drug-likeness (QED) is 0.271. The van der Waals surface area contributed by atoms with Crippen LogP contribution in [-0.2, 0) is 31.1 Å². The molecule has 4 nitrogen and oxygen atoms in total. The SMILES string of the molecule is CCCC[Si](CCCC)(CCCC)[O][Ti]([O]CC)([O]CC)[O]CC. The summed E-state index contributed by atoms with van der Waals surface area (Å²) >= 11 is -3.62. The van der Waals surface area contributed by atoms with Crippen LogP contribution in [0.15, 0.2) is 0 Å². The zero-order valence-electron chi connectivity index (χ0n) is 17.1. The fraction of sp³-hybridized carbons (Fsp3) is 1.00. The molecule has 0 spiro atoms. The van der Waals surface area contributed by atoms with Gasteiger partial charge in [-0.15, -0.1) is 0 Å². The molecule has 0 rings (SSSR count). The van der Waals surface area contributed by atoms with E-state index in [1.807, 2.05) is 20.8 Å². The summed E-state index contributed by atoms with van der Waals surface area (Å²) in [6.07, 6.45) is 7.36. The second kappa shape index (κ2) is 14.9. The molecule has 0 aliphatic heterocycles. The van der Waals surface area contributed by atoms with E-state index in [1.54, 1.807) is 0 Å². The van der Waals surface area contributed by atoms with Crippen molar-refractivity contribution in [1.29, 1.82) is 0 Å². The van der Waals surface area contributed by atoms with Gasteiger partial charge < -0.3 is 0 Å². The molecule has 0 N–H and O–H groups in total. The molecule has 24 heavy (non-hydrogen) atoms. The molecule has 0 aliphatic rings. The van der Waals surface area contributed by atoms with E-state index in [2.05, 4.69) is 20.8 Å². The predicted molar refractivity (Wildman–Crippen MR) is 101 cm³/mol. The monoisotopic (exact) mass is 398 g/mol. The molecule has 0 saturated heterocycles. The Balaban J connectivity index is 5.47. The maximum absolute atomic E-state index is 6.91. The topological polar surface area (TPSA) is 36.9 Å². The van der Waals surface area contributed by atoms with Crippen LogP contribution >= 0.6 is 0 Å². The van der Waals surface area contributed by atoms with Crippen LogP contribution in [0.4, 0.5) is 0 Å². The summed E-state index contributed by atoms with van der Waals surface area (Å²) in [5, 5.41) is 0. The summed E-state index contributed by atoms with van der Waals surface area (Å²) in [5.74, 6) is 0. The molecule has 0 saturated carbocycles. The van der Waals surface area contributed by atoms with Crippen molar-refractivity contribution in [3.05, 3.63) is 0 Å². The zero-order chi connectivity index (χ0) is 18.3. The van der Waals surface area contributed by atoms with Gasteiger partial charge in [0, 0.05) is 0 Å². The van der Waals surface area contributed by atoms with Crippen molar-refractivity contribution >= 4 is 8.32 Å². The Labute approximate surface area is 157 Å². The van der Waals surface area contributed by atoms with Crippen molar-refractivity contribution in [2.24, 2.45) is 0 Å². The van der Waals surface area contributed by atoms with E-state index in [-0.39, 0.29) is 0 Å². The van der Waals surface area contributed by atoms with Gasteiger partial charge in [0.15, 0.2) is 0 Å². The second-order valence-electron chi connectivity index (χ2n) is 6.39. The summed E-state index contributed by atoms with van der Waals surface area (Å²) in [4.78, 5) is 0. The van der Waals surface area contributed by atoms with E-state index >= 15 is 0 Å². The molecular weight excluding hydrogens is 356 g/mol. The molecule has 6 heteroatoms. The molecule has 0 aromatic heterocycles. The average Bonchev–Trinajstić information content (AvgIpc) is 2.57. The first-order valence-electron chi connectivity index (χ1n) is 10.2. The Morgan fingerprint density at radius 1 is 0.583 bits per heavy atom. The minimum atomic E-state index is -3.62. The molecule has 0 fully saturated rings. The minimum absolute atomic E-state index is 0.597. The Kier molecular flexibility index (Phi) is 15.4. The first-order chi connectivity index (χ1) is 11.6. The number of rotatable bonds is 17. The van der Waals surface area contributed by atoms with Crippen LogP contribution in [0.1, 0.15) is 80.1 Å². The van der Waals surface area contributed by atoms with Gasteiger partial charge in [0.05, 0.1) is 0 Å². The first kappa shape index (κ1) is 24.8. The number of hydrogen-bond donors (Lipinski definition) is 0. The third kappa shape index (κ3) is 9.46. The van der Waals surface area contributed by atoms with Crippen molar-refractivity contribution in [1.82, 2.24) is 0 Å². The first-order valence-corrected chi connectivity index (χ1v) is 15.3. The molecule has 0 atom stereocenters. The Morgan fingerprint density at radius 2 is 0.917 bits per heavy atom. The maximum atomic E-state index is 6.91. The summed E-state index contributed by atoms with van der Waals surface area (Å²) < 4.78 is 25.1. The van der Waals surface area contributed by atoms with Gasteiger partial charge in [-0.25, -0.2) is 0 Å². The molecular formula is C18H42O4SiTi. The number of hydrogen-bond acceptors (Lipinski definition) is 4. The van der Waals surface area contributed by atoms with Gasteiger partial charge in [-0.1, -0.05) is 0 Å². The fourth-order valence-electron chi connectivity index (χ4n) is 3.03. The van der Waals surface area contributed by atoms with Gasteiger partial charge in [-0.05, 0) is 0 Å². The molecule has 0 unspecified atom stereocenters. The van der Waals surface area contributed by atoms with Gasteiger partial charge >= 0.3 is 157 Å². The van der Waals surface area contributed by atoms with Gasteiger partial charge in [0.25, 0.3) is 0 Å². The van der Waals surface area contributed by atoms with Crippen LogP contribution in [0, 0.1) is 0 Å². The van der Waals surface area contributed by atoms with Crippen molar-refractivity contribution < 1.29 is 31.1 Å². The van der Waals surface area contributed by atoms with Gasteiger partial charge in [0.1, 0.15) is 0 Å². The molecule has 0 bridgehead atoms. The van der Waals surface area contributed by atoms with Crippen molar-refractivity contribution in [2.75, 3.05) is 19.8 Å². The number of unbranched alkanes of at least 4 members (excludes halogenated alkanes) is 3. The Morgan fingerprint density at radius 3 is 1.17 bits per heavy atom. The standard InChI is InChI=1S/C12H27OSi.3C2H5O.Ti/c1-4-7-10-14(13,11-8-5-2)12-9-6-3;3*1-2-3;/h4-12H2,1-3H3;3*2H2,1H3;/q4*-1;+4. The molecule has 0 aromatic carbocycles. The van der Waals surface area contributed by atoms with Crippen LogP contribution in [0.25, 0.3) is 0 Å². The summed E-state index contributed by atoms with van der Waals surface area (Å²) in [5.41, 5.74) is 0. The average molecular weight is 398 g/mol. The Hall–Kier alpha value is 0.771. The Bertz CT molecular complexity index is 253. The fourth-order valence-corrected chi connectivity index (χ4v) is 14.6. The molecule has 146 valence electrons. The van der Waals surface area contributed by atoms with E-state index in [0.29, 0.717) is 19.8 Å². The van der Waals surface area contributed by atoms with Crippen LogP contribution < -0.4 is 0 Å². The molecule has 0 radical (unpaired) electrons. The molecule has 0 aromatic rings. The summed E-state index contributed by atoms with van der Waals surface area (Å²) in [6.45, 7) is 14.6. The molecule has 0 amide bonds. The van der Waals surface area contributed by atoms with E-state index in [0.717, 1.165) is 0 Å². The van der Waals surface area contributed by atoms with Crippen LogP contribution in [0.2, 0.25) is 18.1 Å². The van der Waals surface area contributed by atoms with E-state index in [4.69, 9.17) is 13.0 Å². The van der Waals surface area contributed by atoms with Crippen LogP contribution in [0.3, 0.4) is 0 Å². The molecule has 0 aliphatic carbocycles. The van der Waals surface area contributed by atoms with Gasteiger partial charge in [-0.2, -0.15) is 0 Å². The van der Waals surface area contributed by atoms with Crippen LogP contribution in [-0.4, -0.2) is 28.1 Å². The van der Waals surface area contributed by atoms with Gasteiger partial charge in [-0.3, -0.25) is 0 Å². The summed E-state index contributed by atoms with van der Waals surface area (Å²) in [7, 11) is -1.90. The van der Waals surface area contributed by atoms with E-state index in [9.17, 15) is 0 Å². The molecule has 0 heterocycles. The second-order valence-corrected chi connectivity index (χ2v) is 14.3. The third-order valence-electron chi connectivity index (χ3n) is 4.26. The van der Waals surface area contributed by atoms with Crippen molar-refractivity contribution in [3.8, 4) is 0 Å². The van der Waals surface area contributed by atoms with E-state index < -0.39 is 26.5 Å².